The first kappa shape index (κ1) is 16.0. The average molecular weight is 388 g/mol. The van der Waals surface area contributed by atoms with Gasteiger partial charge in [-0.2, -0.15) is 0 Å². The van der Waals surface area contributed by atoms with E-state index in [1.165, 1.54) is 18.1 Å². The van der Waals surface area contributed by atoms with E-state index in [2.05, 4.69) is 31.2 Å². The van der Waals surface area contributed by atoms with Gasteiger partial charge in [0.15, 0.2) is 0 Å². The van der Waals surface area contributed by atoms with Crippen molar-refractivity contribution in [2.45, 2.75) is 17.2 Å². The number of carbonyl (C=O) groups is 1. The maximum atomic E-state index is 12.4. The van der Waals surface area contributed by atoms with Crippen LogP contribution in [-0.2, 0) is 4.79 Å². The SMILES string of the molecule is CC(Sc1ncnc2ccccc12)C(=O)Nc1ccc(Br)cc1. The van der Waals surface area contributed by atoms with Crippen molar-refractivity contribution in [2.75, 3.05) is 5.32 Å². The number of anilines is 1. The fraction of sp³-hybridized carbons (Fsp3) is 0.118. The molecule has 0 aliphatic heterocycles. The van der Waals surface area contributed by atoms with E-state index in [0.717, 1.165) is 26.1 Å². The topological polar surface area (TPSA) is 54.9 Å². The summed E-state index contributed by atoms with van der Waals surface area (Å²) in [5, 5.41) is 4.42. The molecule has 3 rings (SSSR count). The smallest absolute Gasteiger partial charge is 0.237 e. The Morgan fingerprint density at radius 3 is 2.65 bits per heavy atom. The van der Waals surface area contributed by atoms with E-state index in [-0.39, 0.29) is 11.2 Å². The molecule has 0 radical (unpaired) electrons. The molecule has 23 heavy (non-hydrogen) atoms. The zero-order valence-corrected chi connectivity index (χ0v) is 14.8. The lowest BCUT2D eigenvalue weighted by molar-refractivity contribution is -0.115. The highest BCUT2D eigenvalue weighted by Crippen LogP contribution is 2.28. The number of benzene rings is 2. The molecule has 0 saturated carbocycles. The lowest BCUT2D eigenvalue weighted by Crippen LogP contribution is -2.22. The molecular weight excluding hydrogens is 374 g/mol. The molecule has 6 heteroatoms. The van der Waals surface area contributed by atoms with Crippen LogP contribution in [0.15, 0.2) is 64.4 Å². The third-order valence-electron chi connectivity index (χ3n) is 3.28. The highest BCUT2D eigenvalue weighted by molar-refractivity contribution is 9.10. The van der Waals surface area contributed by atoms with Gasteiger partial charge in [-0.15, -0.1) is 0 Å². The van der Waals surface area contributed by atoms with Gasteiger partial charge in [-0.05, 0) is 37.3 Å². The molecule has 1 atom stereocenters. The summed E-state index contributed by atoms with van der Waals surface area (Å²) in [6.07, 6.45) is 1.53. The molecular formula is C17H14BrN3OS. The molecule has 1 heterocycles. The fourth-order valence-electron chi connectivity index (χ4n) is 2.07. The van der Waals surface area contributed by atoms with Crippen LogP contribution in [0.3, 0.4) is 0 Å². The molecule has 0 aliphatic carbocycles. The lowest BCUT2D eigenvalue weighted by atomic mass is 10.2. The van der Waals surface area contributed by atoms with Crippen LogP contribution in [0.5, 0.6) is 0 Å². The quantitative estimate of drug-likeness (QED) is 0.528. The molecule has 2 aromatic carbocycles. The van der Waals surface area contributed by atoms with E-state index >= 15 is 0 Å². The van der Waals surface area contributed by atoms with Crippen LogP contribution >= 0.6 is 27.7 Å². The third kappa shape index (κ3) is 3.89. The van der Waals surface area contributed by atoms with E-state index < -0.39 is 0 Å². The largest absolute Gasteiger partial charge is 0.325 e. The number of amides is 1. The molecule has 0 bridgehead atoms. The molecule has 1 N–H and O–H groups in total. The zero-order valence-electron chi connectivity index (χ0n) is 12.4. The van der Waals surface area contributed by atoms with Gasteiger partial charge in [0.25, 0.3) is 0 Å². The van der Waals surface area contributed by atoms with Crippen molar-refractivity contribution in [3.63, 3.8) is 0 Å². The molecule has 1 unspecified atom stereocenters. The number of nitrogens with zero attached hydrogens (tertiary/aromatic N) is 2. The van der Waals surface area contributed by atoms with E-state index in [1.54, 1.807) is 0 Å². The molecule has 0 spiro atoms. The number of para-hydroxylation sites is 1. The van der Waals surface area contributed by atoms with Crippen molar-refractivity contribution >= 4 is 50.2 Å². The number of hydrogen-bond acceptors (Lipinski definition) is 4. The normalized spacial score (nSPS) is 12.1. The van der Waals surface area contributed by atoms with Crippen molar-refractivity contribution < 1.29 is 4.79 Å². The van der Waals surface area contributed by atoms with Crippen LogP contribution in [0.2, 0.25) is 0 Å². The summed E-state index contributed by atoms with van der Waals surface area (Å²) in [7, 11) is 0. The van der Waals surface area contributed by atoms with Crippen molar-refractivity contribution in [1.82, 2.24) is 9.97 Å². The number of rotatable bonds is 4. The van der Waals surface area contributed by atoms with Crippen molar-refractivity contribution in [2.24, 2.45) is 0 Å². The maximum Gasteiger partial charge on any atom is 0.237 e. The third-order valence-corrected chi connectivity index (χ3v) is 4.92. The number of carbonyl (C=O) groups excluding carboxylic acids is 1. The monoisotopic (exact) mass is 387 g/mol. The Morgan fingerprint density at radius 2 is 1.87 bits per heavy atom. The zero-order chi connectivity index (χ0) is 16.2. The van der Waals surface area contributed by atoms with E-state index in [9.17, 15) is 4.79 Å². The van der Waals surface area contributed by atoms with Gasteiger partial charge in [0.2, 0.25) is 5.91 Å². The van der Waals surface area contributed by atoms with Gasteiger partial charge in [-0.3, -0.25) is 4.79 Å². The molecule has 0 aliphatic rings. The maximum absolute atomic E-state index is 12.4. The molecule has 3 aromatic rings. The molecule has 1 aromatic heterocycles. The van der Waals surface area contributed by atoms with Crippen LogP contribution in [0, 0.1) is 0 Å². The Morgan fingerprint density at radius 1 is 1.13 bits per heavy atom. The minimum Gasteiger partial charge on any atom is -0.325 e. The van der Waals surface area contributed by atoms with Crippen molar-refractivity contribution in [1.29, 1.82) is 0 Å². The van der Waals surface area contributed by atoms with E-state index in [0.29, 0.717) is 0 Å². The van der Waals surface area contributed by atoms with Crippen LogP contribution in [0.25, 0.3) is 10.9 Å². The van der Waals surface area contributed by atoms with Gasteiger partial charge < -0.3 is 5.32 Å². The number of thioether (sulfide) groups is 1. The summed E-state index contributed by atoms with van der Waals surface area (Å²) in [5.41, 5.74) is 1.66. The van der Waals surface area contributed by atoms with E-state index in [4.69, 9.17) is 0 Å². The molecule has 0 saturated heterocycles. The second-order valence-electron chi connectivity index (χ2n) is 4.95. The van der Waals surface area contributed by atoms with Gasteiger partial charge in [-0.1, -0.05) is 45.9 Å². The standard InChI is InChI=1S/C17H14BrN3OS/c1-11(16(22)21-13-8-6-12(18)7-9-13)23-17-14-4-2-3-5-15(14)19-10-20-17/h2-11H,1H3,(H,21,22). The molecule has 116 valence electrons. The number of fused-ring (bicyclic) bond motifs is 1. The number of aromatic nitrogens is 2. The van der Waals surface area contributed by atoms with Crippen LogP contribution in [-0.4, -0.2) is 21.1 Å². The first-order valence-corrected chi connectivity index (χ1v) is 8.73. The second kappa shape index (κ2) is 7.10. The predicted molar refractivity (Wildman–Crippen MR) is 97.6 cm³/mol. The highest BCUT2D eigenvalue weighted by atomic mass is 79.9. The van der Waals surface area contributed by atoms with Gasteiger partial charge in [0, 0.05) is 15.5 Å². The Labute approximate surface area is 146 Å². The van der Waals surface area contributed by atoms with Gasteiger partial charge in [0.05, 0.1) is 10.8 Å². The second-order valence-corrected chi connectivity index (χ2v) is 7.20. The fourth-order valence-corrected chi connectivity index (χ4v) is 3.24. The first-order chi connectivity index (χ1) is 11.1. The van der Waals surface area contributed by atoms with Gasteiger partial charge in [0.1, 0.15) is 11.4 Å². The first-order valence-electron chi connectivity index (χ1n) is 7.06. The molecule has 1 amide bonds. The molecule has 0 fully saturated rings. The van der Waals surface area contributed by atoms with Gasteiger partial charge in [-0.25, -0.2) is 9.97 Å². The summed E-state index contributed by atoms with van der Waals surface area (Å²) >= 11 is 4.81. The Hall–Kier alpha value is -1.92. The summed E-state index contributed by atoms with van der Waals surface area (Å²) in [6.45, 7) is 1.87. The number of nitrogens with one attached hydrogen (secondary N) is 1. The molecule has 4 nitrogen and oxygen atoms in total. The highest BCUT2D eigenvalue weighted by Gasteiger charge is 2.17. The summed E-state index contributed by atoms with van der Waals surface area (Å²) in [4.78, 5) is 20.9. The number of hydrogen-bond donors (Lipinski definition) is 1. The van der Waals surface area contributed by atoms with Crippen molar-refractivity contribution in [3.05, 3.63) is 59.3 Å². The predicted octanol–water partition coefficient (Wildman–Crippen LogP) is 4.51. The van der Waals surface area contributed by atoms with E-state index in [1.807, 2.05) is 55.5 Å². The summed E-state index contributed by atoms with van der Waals surface area (Å²) in [5.74, 6) is -0.0555. The minimum absolute atomic E-state index is 0.0555. The Kier molecular flexibility index (Phi) is 4.93. The minimum atomic E-state index is -0.267. The Balaban J connectivity index is 1.73. The van der Waals surface area contributed by atoms with Crippen molar-refractivity contribution in [3.8, 4) is 0 Å². The van der Waals surface area contributed by atoms with Crippen LogP contribution in [0.4, 0.5) is 5.69 Å². The van der Waals surface area contributed by atoms with Gasteiger partial charge >= 0.3 is 0 Å². The average Bonchev–Trinajstić information content (AvgIpc) is 2.57. The number of halogens is 1. The lowest BCUT2D eigenvalue weighted by Gasteiger charge is -2.12. The van der Waals surface area contributed by atoms with Crippen LogP contribution < -0.4 is 5.32 Å². The van der Waals surface area contributed by atoms with Crippen LogP contribution in [0.1, 0.15) is 6.92 Å². The summed E-state index contributed by atoms with van der Waals surface area (Å²) < 4.78 is 0.977. The summed E-state index contributed by atoms with van der Waals surface area (Å²) in [6, 6.07) is 15.3. The Bertz CT molecular complexity index is 833.